The van der Waals surface area contributed by atoms with E-state index < -0.39 is 0 Å². The van der Waals surface area contributed by atoms with Crippen LogP contribution in [0.5, 0.6) is 0 Å². The standard InChI is InChI=1S/C14H28N2O2/c1-11(13-5-7-15-8-6-13)10-14(18)16-12(2)4-3-9-17/h11-13,15,17H,3-10H2,1-2H3,(H,16,18). The Balaban J connectivity index is 2.21. The van der Waals surface area contributed by atoms with Crippen molar-refractivity contribution in [3.8, 4) is 0 Å². The normalized spacial score (nSPS) is 20.4. The third kappa shape index (κ3) is 5.83. The predicted octanol–water partition coefficient (Wildman–Crippen LogP) is 1.29. The lowest BCUT2D eigenvalue weighted by atomic mass is 9.84. The molecule has 0 bridgehead atoms. The van der Waals surface area contributed by atoms with Crippen LogP contribution >= 0.6 is 0 Å². The zero-order valence-corrected chi connectivity index (χ0v) is 11.7. The van der Waals surface area contributed by atoms with Crippen molar-refractivity contribution < 1.29 is 9.90 Å². The van der Waals surface area contributed by atoms with Gasteiger partial charge < -0.3 is 15.7 Å². The van der Waals surface area contributed by atoms with Crippen molar-refractivity contribution in [1.82, 2.24) is 10.6 Å². The predicted molar refractivity (Wildman–Crippen MR) is 73.3 cm³/mol. The summed E-state index contributed by atoms with van der Waals surface area (Å²) in [6.45, 7) is 6.56. The topological polar surface area (TPSA) is 61.4 Å². The smallest absolute Gasteiger partial charge is 0.220 e. The molecule has 1 amide bonds. The SMILES string of the molecule is CC(CCCO)NC(=O)CC(C)C1CCNCC1. The molecule has 1 aliphatic rings. The van der Waals surface area contributed by atoms with Crippen LogP contribution in [0.3, 0.4) is 0 Å². The average Bonchev–Trinajstić information content (AvgIpc) is 2.37. The van der Waals surface area contributed by atoms with Gasteiger partial charge in [-0.25, -0.2) is 0 Å². The largest absolute Gasteiger partial charge is 0.396 e. The number of rotatable bonds is 7. The number of hydrogen-bond donors (Lipinski definition) is 3. The lowest BCUT2D eigenvalue weighted by molar-refractivity contribution is -0.123. The highest BCUT2D eigenvalue weighted by atomic mass is 16.2. The van der Waals surface area contributed by atoms with E-state index >= 15 is 0 Å². The second-order valence-corrected chi connectivity index (χ2v) is 5.60. The third-order valence-corrected chi connectivity index (χ3v) is 3.90. The molecule has 4 nitrogen and oxygen atoms in total. The Morgan fingerprint density at radius 3 is 2.67 bits per heavy atom. The van der Waals surface area contributed by atoms with E-state index in [-0.39, 0.29) is 18.6 Å². The quantitative estimate of drug-likeness (QED) is 0.643. The number of aliphatic hydroxyl groups excluding tert-OH is 1. The number of aliphatic hydroxyl groups is 1. The zero-order chi connectivity index (χ0) is 13.4. The van der Waals surface area contributed by atoms with Crippen molar-refractivity contribution >= 4 is 5.91 Å². The van der Waals surface area contributed by atoms with Crippen molar-refractivity contribution in [1.29, 1.82) is 0 Å². The molecular weight excluding hydrogens is 228 g/mol. The molecule has 0 aromatic carbocycles. The maximum atomic E-state index is 11.9. The molecule has 0 aliphatic carbocycles. The maximum absolute atomic E-state index is 11.9. The zero-order valence-electron chi connectivity index (χ0n) is 11.7. The summed E-state index contributed by atoms with van der Waals surface area (Å²) in [5.74, 6) is 1.31. The van der Waals surface area contributed by atoms with Crippen LogP contribution in [0.15, 0.2) is 0 Å². The van der Waals surface area contributed by atoms with Crippen molar-refractivity contribution in [2.75, 3.05) is 19.7 Å². The number of amides is 1. The number of hydrogen-bond acceptors (Lipinski definition) is 3. The van der Waals surface area contributed by atoms with Gasteiger partial charge in [0.25, 0.3) is 0 Å². The fraction of sp³-hybridized carbons (Fsp3) is 0.929. The summed E-state index contributed by atoms with van der Waals surface area (Å²) in [5, 5.41) is 15.1. The highest BCUT2D eigenvalue weighted by Crippen LogP contribution is 2.24. The van der Waals surface area contributed by atoms with Gasteiger partial charge in [-0.15, -0.1) is 0 Å². The van der Waals surface area contributed by atoms with Crippen molar-refractivity contribution in [3.63, 3.8) is 0 Å². The molecule has 1 fully saturated rings. The van der Waals surface area contributed by atoms with Crippen LogP contribution in [-0.4, -0.2) is 36.8 Å². The average molecular weight is 256 g/mol. The number of piperidine rings is 1. The Morgan fingerprint density at radius 1 is 1.39 bits per heavy atom. The molecule has 1 heterocycles. The van der Waals surface area contributed by atoms with Crippen LogP contribution in [0, 0.1) is 11.8 Å². The molecule has 1 aliphatic heterocycles. The number of carbonyl (C=O) groups excluding carboxylic acids is 1. The maximum Gasteiger partial charge on any atom is 0.220 e. The van der Waals surface area contributed by atoms with Crippen molar-refractivity contribution in [2.45, 2.75) is 52.0 Å². The van der Waals surface area contributed by atoms with Crippen LogP contribution in [0.1, 0.15) is 46.0 Å². The number of nitrogens with one attached hydrogen (secondary N) is 2. The van der Waals surface area contributed by atoms with E-state index in [0.717, 1.165) is 25.9 Å². The summed E-state index contributed by atoms with van der Waals surface area (Å²) in [7, 11) is 0. The summed E-state index contributed by atoms with van der Waals surface area (Å²) in [5.41, 5.74) is 0. The molecule has 0 aromatic heterocycles. The van der Waals surface area contributed by atoms with Crippen LogP contribution in [0.4, 0.5) is 0 Å². The van der Waals surface area contributed by atoms with E-state index in [0.29, 0.717) is 18.3 Å². The van der Waals surface area contributed by atoms with Crippen LogP contribution in [-0.2, 0) is 4.79 Å². The molecule has 2 unspecified atom stereocenters. The summed E-state index contributed by atoms with van der Waals surface area (Å²) < 4.78 is 0. The Labute approximate surface area is 111 Å². The van der Waals surface area contributed by atoms with Gasteiger partial charge in [-0.2, -0.15) is 0 Å². The van der Waals surface area contributed by atoms with Gasteiger partial charge in [0.2, 0.25) is 5.91 Å². The summed E-state index contributed by atoms with van der Waals surface area (Å²) in [6, 6.07) is 0.171. The fourth-order valence-corrected chi connectivity index (χ4v) is 2.68. The van der Waals surface area contributed by atoms with Gasteiger partial charge in [-0.3, -0.25) is 4.79 Å². The number of carbonyl (C=O) groups is 1. The van der Waals surface area contributed by atoms with Crippen LogP contribution in [0.25, 0.3) is 0 Å². The van der Waals surface area contributed by atoms with Gasteiger partial charge in [0.15, 0.2) is 0 Å². The van der Waals surface area contributed by atoms with Crippen LogP contribution < -0.4 is 10.6 Å². The first kappa shape index (κ1) is 15.4. The second kappa shape index (κ2) is 8.48. The Morgan fingerprint density at radius 2 is 2.06 bits per heavy atom. The monoisotopic (exact) mass is 256 g/mol. The van der Waals surface area contributed by atoms with Gasteiger partial charge in [-0.1, -0.05) is 6.92 Å². The first-order valence-electron chi connectivity index (χ1n) is 7.24. The van der Waals surface area contributed by atoms with Gasteiger partial charge >= 0.3 is 0 Å². The lowest BCUT2D eigenvalue weighted by Gasteiger charge is -2.28. The lowest BCUT2D eigenvalue weighted by Crippen LogP contribution is -2.36. The minimum absolute atomic E-state index is 0.159. The molecule has 4 heteroatoms. The van der Waals surface area contributed by atoms with Gasteiger partial charge in [0, 0.05) is 19.1 Å². The van der Waals surface area contributed by atoms with Crippen molar-refractivity contribution in [3.05, 3.63) is 0 Å². The summed E-state index contributed by atoms with van der Waals surface area (Å²) in [6.07, 6.45) is 4.62. The van der Waals surface area contributed by atoms with Gasteiger partial charge in [0.1, 0.15) is 0 Å². The van der Waals surface area contributed by atoms with E-state index in [1.54, 1.807) is 0 Å². The van der Waals surface area contributed by atoms with Gasteiger partial charge in [-0.05, 0) is 57.5 Å². The molecule has 106 valence electrons. The molecule has 0 spiro atoms. The summed E-state index contributed by atoms with van der Waals surface area (Å²) in [4.78, 5) is 11.9. The van der Waals surface area contributed by atoms with Crippen molar-refractivity contribution in [2.24, 2.45) is 11.8 Å². The van der Waals surface area contributed by atoms with E-state index in [9.17, 15) is 4.79 Å². The highest BCUT2D eigenvalue weighted by molar-refractivity contribution is 5.76. The molecule has 0 radical (unpaired) electrons. The highest BCUT2D eigenvalue weighted by Gasteiger charge is 2.22. The van der Waals surface area contributed by atoms with Crippen LogP contribution in [0.2, 0.25) is 0 Å². The summed E-state index contributed by atoms with van der Waals surface area (Å²) >= 11 is 0. The molecule has 1 rings (SSSR count). The minimum atomic E-state index is 0.159. The fourth-order valence-electron chi connectivity index (χ4n) is 2.68. The van der Waals surface area contributed by atoms with E-state index in [4.69, 9.17) is 5.11 Å². The third-order valence-electron chi connectivity index (χ3n) is 3.90. The molecule has 3 N–H and O–H groups in total. The Kier molecular flexibility index (Phi) is 7.28. The molecule has 2 atom stereocenters. The molecule has 0 saturated carbocycles. The van der Waals surface area contributed by atoms with E-state index in [1.165, 1.54) is 12.8 Å². The first-order chi connectivity index (χ1) is 8.63. The first-order valence-corrected chi connectivity index (χ1v) is 7.24. The second-order valence-electron chi connectivity index (χ2n) is 5.60. The molecule has 18 heavy (non-hydrogen) atoms. The Bertz CT molecular complexity index is 240. The molecule has 1 saturated heterocycles. The molecular formula is C14H28N2O2. The van der Waals surface area contributed by atoms with Gasteiger partial charge in [0.05, 0.1) is 0 Å². The minimum Gasteiger partial charge on any atom is -0.396 e. The molecule has 0 aromatic rings. The van der Waals surface area contributed by atoms with E-state index in [2.05, 4.69) is 17.6 Å². The Hall–Kier alpha value is -0.610. The van der Waals surface area contributed by atoms with E-state index in [1.807, 2.05) is 6.92 Å².